The molecule has 3 nitrogen and oxygen atoms in total. The van der Waals surface area contributed by atoms with Crippen molar-refractivity contribution in [2.24, 2.45) is 0 Å². The first-order chi connectivity index (χ1) is 7.75. The number of anilines is 1. The Morgan fingerprint density at radius 3 is 2.94 bits per heavy atom. The smallest absolute Gasteiger partial charge is 0.205 e. The summed E-state index contributed by atoms with van der Waals surface area (Å²) in [5.74, 6) is 0.0669. The molecule has 1 aliphatic rings. The number of nitrogens with zero attached hydrogens (tertiary/aromatic N) is 1. The molecule has 1 aliphatic carbocycles. The predicted molar refractivity (Wildman–Crippen MR) is 63.8 cm³/mol. The third-order valence-electron chi connectivity index (χ3n) is 2.81. The second-order valence-corrected chi connectivity index (χ2v) is 4.84. The third-order valence-corrected chi connectivity index (χ3v) is 3.74. The van der Waals surface area contributed by atoms with Crippen LogP contribution in [0.15, 0.2) is 24.3 Å². The first-order valence-corrected chi connectivity index (χ1v) is 5.95. The Kier molecular flexibility index (Phi) is 2.04. The van der Waals surface area contributed by atoms with Crippen LogP contribution in [0.4, 0.5) is 5.13 Å². The fraction of sp³-hybridized carbons (Fsp3) is 0.167. The minimum atomic E-state index is 0.0669. The average Bonchev–Trinajstić information content (AvgIpc) is 2.62. The monoisotopic (exact) mass is 230 g/mol. The number of thiazole rings is 1. The van der Waals surface area contributed by atoms with Crippen molar-refractivity contribution in [2.45, 2.75) is 12.8 Å². The molecule has 0 bridgehead atoms. The number of hydrogen-bond acceptors (Lipinski definition) is 4. The topological polar surface area (TPSA) is 56.0 Å². The van der Waals surface area contributed by atoms with Crippen molar-refractivity contribution < 1.29 is 4.79 Å². The zero-order chi connectivity index (χ0) is 11.1. The summed E-state index contributed by atoms with van der Waals surface area (Å²) in [5, 5.41) is 0.484. The maximum absolute atomic E-state index is 12.3. The van der Waals surface area contributed by atoms with E-state index in [1.807, 2.05) is 24.3 Å². The Balaban J connectivity index is 2.21. The van der Waals surface area contributed by atoms with Crippen molar-refractivity contribution in [3.05, 3.63) is 46.0 Å². The van der Waals surface area contributed by atoms with Crippen LogP contribution in [0.1, 0.15) is 26.5 Å². The second-order valence-electron chi connectivity index (χ2n) is 3.81. The number of carbonyl (C=O) groups is 1. The van der Waals surface area contributed by atoms with E-state index < -0.39 is 0 Å². The number of aryl methyl sites for hydroxylation is 2. The number of aromatic nitrogens is 1. The molecule has 0 saturated heterocycles. The number of hydrogen-bond donors (Lipinski definition) is 1. The van der Waals surface area contributed by atoms with Crippen LogP contribution in [0.2, 0.25) is 0 Å². The molecule has 1 heterocycles. The summed E-state index contributed by atoms with van der Waals surface area (Å²) in [4.78, 5) is 17.2. The van der Waals surface area contributed by atoms with E-state index in [-0.39, 0.29) is 5.78 Å². The lowest BCUT2D eigenvalue weighted by molar-refractivity contribution is 0.104. The maximum atomic E-state index is 12.3. The van der Waals surface area contributed by atoms with Gasteiger partial charge in [0, 0.05) is 5.56 Å². The molecule has 0 amide bonds. The predicted octanol–water partition coefficient (Wildman–Crippen LogP) is 2.05. The number of nitrogens with two attached hydrogens (primary N) is 1. The van der Waals surface area contributed by atoms with Gasteiger partial charge in [0.2, 0.25) is 5.78 Å². The van der Waals surface area contributed by atoms with Crippen LogP contribution in [-0.4, -0.2) is 10.8 Å². The fourth-order valence-corrected chi connectivity index (χ4v) is 2.89. The van der Waals surface area contributed by atoms with Crippen LogP contribution in [0.5, 0.6) is 0 Å². The first-order valence-electron chi connectivity index (χ1n) is 5.13. The standard InChI is InChI=1S/C12H10N2OS/c13-12-14-9-6-5-7-3-1-2-4-8(7)10(15)11(9)16-12/h1-4H,5-6H2,(H2,13,14). The number of rotatable bonds is 0. The Morgan fingerprint density at radius 1 is 1.25 bits per heavy atom. The molecule has 0 unspecified atom stereocenters. The van der Waals surface area contributed by atoms with Crippen LogP contribution in [-0.2, 0) is 12.8 Å². The summed E-state index contributed by atoms with van der Waals surface area (Å²) in [6.45, 7) is 0. The van der Waals surface area contributed by atoms with Crippen LogP contribution in [0, 0.1) is 0 Å². The summed E-state index contributed by atoms with van der Waals surface area (Å²) in [7, 11) is 0. The van der Waals surface area contributed by atoms with Crippen molar-refractivity contribution in [3.63, 3.8) is 0 Å². The van der Waals surface area contributed by atoms with Gasteiger partial charge in [-0.15, -0.1) is 0 Å². The molecule has 0 spiro atoms. The molecule has 1 aromatic heterocycles. The lowest BCUT2D eigenvalue weighted by atomic mass is 10.0. The van der Waals surface area contributed by atoms with E-state index in [4.69, 9.17) is 5.73 Å². The molecule has 3 rings (SSSR count). The molecular weight excluding hydrogens is 220 g/mol. The summed E-state index contributed by atoms with van der Waals surface area (Å²) in [6.07, 6.45) is 1.66. The van der Waals surface area contributed by atoms with E-state index in [0.29, 0.717) is 10.0 Å². The normalized spacial score (nSPS) is 14.1. The maximum Gasteiger partial charge on any atom is 0.205 e. The van der Waals surface area contributed by atoms with Crippen molar-refractivity contribution in [1.29, 1.82) is 0 Å². The minimum absolute atomic E-state index is 0.0669. The van der Waals surface area contributed by atoms with Crippen molar-refractivity contribution in [1.82, 2.24) is 4.98 Å². The Morgan fingerprint density at radius 2 is 2.06 bits per heavy atom. The van der Waals surface area contributed by atoms with Gasteiger partial charge in [0.1, 0.15) is 4.88 Å². The zero-order valence-corrected chi connectivity index (χ0v) is 9.38. The van der Waals surface area contributed by atoms with Gasteiger partial charge in [-0.3, -0.25) is 4.79 Å². The van der Waals surface area contributed by atoms with Crippen LogP contribution in [0.25, 0.3) is 0 Å². The zero-order valence-electron chi connectivity index (χ0n) is 8.56. The molecule has 0 atom stereocenters. The van der Waals surface area contributed by atoms with Crippen molar-refractivity contribution in [2.75, 3.05) is 5.73 Å². The molecular formula is C12H10N2OS. The molecule has 0 radical (unpaired) electrons. The molecule has 0 aliphatic heterocycles. The lowest BCUT2D eigenvalue weighted by Crippen LogP contribution is -2.01. The molecule has 4 heteroatoms. The quantitative estimate of drug-likeness (QED) is 0.753. The fourth-order valence-electron chi connectivity index (χ4n) is 2.05. The summed E-state index contributed by atoms with van der Waals surface area (Å²) < 4.78 is 0. The van der Waals surface area contributed by atoms with Crippen molar-refractivity contribution in [3.8, 4) is 0 Å². The van der Waals surface area contributed by atoms with Gasteiger partial charge in [-0.05, 0) is 18.4 Å². The Labute approximate surface area is 96.9 Å². The van der Waals surface area contributed by atoms with Crippen LogP contribution >= 0.6 is 11.3 Å². The summed E-state index contributed by atoms with van der Waals surface area (Å²) >= 11 is 1.29. The minimum Gasteiger partial charge on any atom is -0.375 e. The van der Waals surface area contributed by atoms with Gasteiger partial charge in [-0.25, -0.2) is 4.98 Å². The third kappa shape index (κ3) is 1.34. The molecule has 1 aromatic carbocycles. The Hall–Kier alpha value is -1.68. The van der Waals surface area contributed by atoms with Gasteiger partial charge in [0.05, 0.1) is 5.69 Å². The number of fused-ring (bicyclic) bond motifs is 2. The highest BCUT2D eigenvalue weighted by Crippen LogP contribution is 2.29. The van der Waals surface area contributed by atoms with Gasteiger partial charge < -0.3 is 5.73 Å². The van der Waals surface area contributed by atoms with E-state index in [0.717, 1.165) is 29.7 Å². The van der Waals surface area contributed by atoms with E-state index in [9.17, 15) is 4.79 Å². The summed E-state index contributed by atoms with van der Waals surface area (Å²) in [5.41, 5.74) is 8.40. The van der Waals surface area contributed by atoms with Gasteiger partial charge in [-0.2, -0.15) is 0 Å². The number of carbonyl (C=O) groups excluding carboxylic acids is 1. The van der Waals surface area contributed by atoms with Gasteiger partial charge in [0.25, 0.3) is 0 Å². The lowest BCUT2D eigenvalue weighted by Gasteiger charge is -2.02. The largest absolute Gasteiger partial charge is 0.375 e. The van der Waals surface area contributed by atoms with Gasteiger partial charge in [-0.1, -0.05) is 35.6 Å². The second kappa shape index (κ2) is 3.42. The van der Waals surface area contributed by atoms with E-state index in [2.05, 4.69) is 4.98 Å². The molecule has 80 valence electrons. The van der Waals surface area contributed by atoms with E-state index in [1.165, 1.54) is 11.3 Å². The average molecular weight is 230 g/mol. The molecule has 2 N–H and O–H groups in total. The highest BCUT2D eigenvalue weighted by molar-refractivity contribution is 7.17. The summed E-state index contributed by atoms with van der Waals surface area (Å²) in [6, 6.07) is 7.75. The molecule has 0 fully saturated rings. The molecule has 16 heavy (non-hydrogen) atoms. The number of benzene rings is 1. The van der Waals surface area contributed by atoms with Gasteiger partial charge >= 0.3 is 0 Å². The van der Waals surface area contributed by atoms with Gasteiger partial charge in [0.15, 0.2) is 5.13 Å². The van der Waals surface area contributed by atoms with Crippen LogP contribution in [0.3, 0.4) is 0 Å². The molecule has 2 aromatic rings. The van der Waals surface area contributed by atoms with Crippen LogP contribution < -0.4 is 5.73 Å². The molecule has 0 saturated carbocycles. The highest BCUT2D eigenvalue weighted by Gasteiger charge is 2.23. The number of nitrogen functional groups attached to an aromatic ring is 1. The SMILES string of the molecule is Nc1nc2c(s1)C(=O)c1ccccc1CC2. The first kappa shape index (κ1) is 9.54. The highest BCUT2D eigenvalue weighted by atomic mass is 32.1. The van der Waals surface area contributed by atoms with Crippen molar-refractivity contribution >= 4 is 22.3 Å². The van der Waals surface area contributed by atoms with E-state index >= 15 is 0 Å². The Bertz CT molecular complexity index is 574. The van der Waals surface area contributed by atoms with E-state index in [1.54, 1.807) is 0 Å². The number of ketones is 1.